The number of rotatable bonds is 3. The van der Waals surface area contributed by atoms with E-state index in [2.05, 4.69) is 9.72 Å². The fourth-order valence-electron chi connectivity index (χ4n) is 0.969. The zero-order valence-electron chi connectivity index (χ0n) is 8.51. The SMILES string of the molecule is COC(=O)C=Cc1cc(C(=O)O)cnc1N. The third kappa shape index (κ3) is 2.81. The van der Waals surface area contributed by atoms with Gasteiger partial charge in [0, 0.05) is 17.8 Å². The Labute approximate surface area is 91.4 Å². The summed E-state index contributed by atoms with van der Waals surface area (Å²) in [6.07, 6.45) is 3.63. The Morgan fingerprint density at radius 2 is 2.25 bits per heavy atom. The van der Waals surface area contributed by atoms with Crippen LogP contribution in [0.15, 0.2) is 18.3 Å². The van der Waals surface area contributed by atoms with E-state index < -0.39 is 11.9 Å². The number of hydrogen-bond acceptors (Lipinski definition) is 5. The molecule has 84 valence electrons. The van der Waals surface area contributed by atoms with Crippen LogP contribution in [0.4, 0.5) is 5.82 Å². The lowest BCUT2D eigenvalue weighted by Crippen LogP contribution is -2.02. The molecule has 0 aliphatic heterocycles. The van der Waals surface area contributed by atoms with Gasteiger partial charge in [-0.25, -0.2) is 14.6 Å². The van der Waals surface area contributed by atoms with Crippen LogP contribution in [0.2, 0.25) is 0 Å². The molecule has 6 heteroatoms. The van der Waals surface area contributed by atoms with Gasteiger partial charge in [0.2, 0.25) is 0 Å². The number of carbonyl (C=O) groups excluding carboxylic acids is 1. The molecule has 0 saturated carbocycles. The molecule has 0 fully saturated rings. The Morgan fingerprint density at radius 3 is 2.81 bits per heavy atom. The van der Waals surface area contributed by atoms with E-state index in [0.29, 0.717) is 5.56 Å². The molecule has 0 spiro atoms. The van der Waals surface area contributed by atoms with Crippen molar-refractivity contribution in [2.24, 2.45) is 0 Å². The predicted molar refractivity (Wildman–Crippen MR) is 56.7 cm³/mol. The molecule has 0 aliphatic carbocycles. The van der Waals surface area contributed by atoms with Gasteiger partial charge < -0.3 is 15.6 Å². The number of aromatic carboxylic acids is 1. The molecule has 1 aromatic rings. The fraction of sp³-hybridized carbons (Fsp3) is 0.100. The molecule has 0 atom stereocenters. The van der Waals surface area contributed by atoms with Crippen LogP contribution in [0.5, 0.6) is 0 Å². The van der Waals surface area contributed by atoms with E-state index in [1.54, 1.807) is 0 Å². The third-order valence-corrected chi connectivity index (χ3v) is 1.80. The van der Waals surface area contributed by atoms with Crippen molar-refractivity contribution in [2.45, 2.75) is 0 Å². The molecule has 3 N–H and O–H groups in total. The van der Waals surface area contributed by atoms with Crippen LogP contribution in [-0.4, -0.2) is 29.1 Å². The number of esters is 1. The molecular formula is C10H10N2O4. The highest BCUT2D eigenvalue weighted by molar-refractivity contribution is 5.91. The summed E-state index contributed by atoms with van der Waals surface area (Å²) in [7, 11) is 1.24. The summed E-state index contributed by atoms with van der Waals surface area (Å²) in [4.78, 5) is 25.2. The summed E-state index contributed by atoms with van der Waals surface area (Å²) in [6, 6.07) is 1.32. The molecule has 0 aliphatic rings. The normalized spacial score (nSPS) is 10.3. The van der Waals surface area contributed by atoms with E-state index in [1.807, 2.05) is 0 Å². The average molecular weight is 222 g/mol. The summed E-state index contributed by atoms with van der Waals surface area (Å²) in [5.74, 6) is -1.52. The highest BCUT2D eigenvalue weighted by Crippen LogP contribution is 2.12. The lowest BCUT2D eigenvalue weighted by molar-refractivity contribution is -0.134. The first-order chi connectivity index (χ1) is 7.54. The van der Waals surface area contributed by atoms with Gasteiger partial charge in [0.25, 0.3) is 0 Å². The number of carbonyl (C=O) groups is 2. The van der Waals surface area contributed by atoms with Crippen LogP contribution in [0, 0.1) is 0 Å². The van der Waals surface area contributed by atoms with E-state index in [0.717, 1.165) is 12.3 Å². The second-order valence-corrected chi connectivity index (χ2v) is 2.86. The number of hydrogen-bond donors (Lipinski definition) is 2. The summed E-state index contributed by atoms with van der Waals surface area (Å²) in [5, 5.41) is 8.73. The molecule has 6 nitrogen and oxygen atoms in total. The van der Waals surface area contributed by atoms with Crippen molar-refractivity contribution in [1.29, 1.82) is 0 Å². The number of nitrogens with two attached hydrogens (primary N) is 1. The number of ether oxygens (including phenoxy) is 1. The maximum atomic E-state index is 10.8. The Bertz CT molecular complexity index is 454. The molecule has 0 unspecified atom stereocenters. The summed E-state index contributed by atoms with van der Waals surface area (Å²) in [5.41, 5.74) is 5.86. The standard InChI is InChI=1S/C10H10N2O4/c1-16-8(13)3-2-6-4-7(10(14)15)5-12-9(6)11/h2-5H,1H3,(H2,11,12)(H,14,15). The maximum Gasteiger partial charge on any atom is 0.337 e. The minimum Gasteiger partial charge on any atom is -0.478 e. The highest BCUT2D eigenvalue weighted by Gasteiger charge is 2.06. The number of anilines is 1. The van der Waals surface area contributed by atoms with Gasteiger partial charge in [-0.15, -0.1) is 0 Å². The lowest BCUT2D eigenvalue weighted by atomic mass is 10.2. The van der Waals surface area contributed by atoms with Crippen molar-refractivity contribution in [1.82, 2.24) is 4.98 Å². The van der Waals surface area contributed by atoms with Crippen LogP contribution >= 0.6 is 0 Å². The molecule has 16 heavy (non-hydrogen) atoms. The zero-order valence-corrected chi connectivity index (χ0v) is 8.51. The number of nitrogens with zero attached hydrogens (tertiary/aromatic N) is 1. The van der Waals surface area contributed by atoms with Crippen molar-refractivity contribution in [3.8, 4) is 0 Å². The largest absolute Gasteiger partial charge is 0.478 e. The molecule has 1 rings (SSSR count). The van der Waals surface area contributed by atoms with Gasteiger partial charge >= 0.3 is 11.9 Å². The number of nitrogen functional groups attached to an aromatic ring is 1. The summed E-state index contributed by atoms with van der Waals surface area (Å²) in [6.45, 7) is 0. The van der Waals surface area contributed by atoms with Gasteiger partial charge in [-0.3, -0.25) is 0 Å². The topological polar surface area (TPSA) is 103 Å². The molecule has 0 bridgehead atoms. The first kappa shape index (κ1) is 11.7. The number of pyridine rings is 1. The molecule has 1 aromatic heterocycles. The number of methoxy groups -OCH3 is 1. The van der Waals surface area contributed by atoms with Gasteiger partial charge in [0.05, 0.1) is 12.7 Å². The summed E-state index contributed by atoms with van der Waals surface area (Å²) >= 11 is 0. The van der Waals surface area contributed by atoms with Crippen LogP contribution in [0.3, 0.4) is 0 Å². The predicted octanol–water partition coefficient (Wildman–Crippen LogP) is 0.548. The van der Waals surface area contributed by atoms with Gasteiger partial charge in [0.1, 0.15) is 5.82 Å². The molecule has 0 amide bonds. The van der Waals surface area contributed by atoms with Crippen LogP contribution in [0.1, 0.15) is 15.9 Å². The van der Waals surface area contributed by atoms with Crippen molar-refractivity contribution < 1.29 is 19.4 Å². The third-order valence-electron chi connectivity index (χ3n) is 1.80. The highest BCUT2D eigenvalue weighted by atomic mass is 16.5. The lowest BCUT2D eigenvalue weighted by Gasteiger charge is -2.00. The smallest absolute Gasteiger partial charge is 0.337 e. The Morgan fingerprint density at radius 1 is 1.56 bits per heavy atom. The first-order valence-electron chi connectivity index (χ1n) is 4.29. The second kappa shape index (κ2) is 4.92. The number of carboxylic acids is 1. The second-order valence-electron chi connectivity index (χ2n) is 2.86. The van der Waals surface area contributed by atoms with Crippen LogP contribution in [-0.2, 0) is 9.53 Å². The Kier molecular flexibility index (Phi) is 3.60. The fourth-order valence-corrected chi connectivity index (χ4v) is 0.969. The van der Waals surface area contributed by atoms with Crippen LogP contribution < -0.4 is 5.73 Å². The minimum absolute atomic E-state index is 0.00119. The van der Waals surface area contributed by atoms with Crippen LogP contribution in [0.25, 0.3) is 6.08 Å². The Balaban J connectivity index is 3.03. The zero-order chi connectivity index (χ0) is 12.1. The Hall–Kier alpha value is -2.37. The number of carboxylic acid groups (broad SMARTS) is 1. The minimum atomic E-state index is -1.11. The van der Waals surface area contributed by atoms with E-state index in [1.165, 1.54) is 19.3 Å². The summed E-state index contributed by atoms with van der Waals surface area (Å²) < 4.78 is 4.39. The van der Waals surface area contributed by atoms with Crippen molar-refractivity contribution in [3.63, 3.8) is 0 Å². The quantitative estimate of drug-likeness (QED) is 0.571. The van der Waals surface area contributed by atoms with Gasteiger partial charge in [-0.05, 0) is 12.1 Å². The van der Waals surface area contributed by atoms with E-state index in [-0.39, 0.29) is 11.4 Å². The van der Waals surface area contributed by atoms with Gasteiger partial charge in [-0.2, -0.15) is 0 Å². The molecule has 0 aromatic carbocycles. The number of aromatic nitrogens is 1. The van der Waals surface area contributed by atoms with E-state index in [9.17, 15) is 9.59 Å². The van der Waals surface area contributed by atoms with Gasteiger partial charge in [-0.1, -0.05) is 0 Å². The van der Waals surface area contributed by atoms with Crippen molar-refractivity contribution in [2.75, 3.05) is 12.8 Å². The van der Waals surface area contributed by atoms with Crippen molar-refractivity contribution in [3.05, 3.63) is 29.5 Å². The van der Waals surface area contributed by atoms with Gasteiger partial charge in [0.15, 0.2) is 0 Å². The monoisotopic (exact) mass is 222 g/mol. The molecule has 1 heterocycles. The molecular weight excluding hydrogens is 212 g/mol. The average Bonchev–Trinajstić information content (AvgIpc) is 2.27. The first-order valence-corrected chi connectivity index (χ1v) is 4.29. The molecule has 0 radical (unpaired) electrons. The molecule has 0 saturated heterocycles. The maximum absolute atomic E-state index is 10.8. The van der Waals surface area contributed by atoms with E-state index in [4.69, 9.17) is 10.8 Å². The van der Waals surface area contributed by atoms with E-state index >= 15 is 0 Å². The van der Waals surface area contributed by atoms with Crippen molar-refractivity contribution >= 4 is 23.8 Å².